The van der Waals surface area contributed by atoms with Crippen LogP contribution in [0.5, 0.6) is 0 Å². The summed E-state index contributed by atoms with van der Waals surface area (Å²) in [4.78, 5) is 10.5. The zero-order valence-corrected chi connectivity index (χ0v) is 26.9. The summed E-state index contributed by atoms with van der Waals surface area (Å²) in [5.74, 6) is 0. The van der Waals surface area contributed by atoms with Crippen molar-refractivity contribution in [3.63, 3.8) is 0 Å². The molecular weight excluding hydrogens is 609 g/mol. The van der Waals surface area contributed by atoms with Crippen molar-refractivity contribution in [3.8, 4) is 72.4 Å². The minimum Gasteiger partial charge on any atom is -0.134 e. The molecule has 4 heteroatoms. The van der Waals surface area contributed by atoms with Crippen LogP contribution in [0.15, 0.2) is 158 Å². The van der Waals surface area contributed by atoms with E-state index in [1.54, 1.807) is 0 Å². The monoisotopic (exact) mass is 634 g/mol. The summed E-state index contributed by atoms with van der Waals surface area (Å²) in [5.41, 5.74) is 7.54. The highest BCUT2D eigenvalue weighted by Crippen LogP contribution is 2.45. The van der Waals surface area contributed by atoms with Gasteiger partial charge in [0.15, 0.2) is 0 Å². The maximum atomic E-state index is 2.28. The fourth-order valence-electron chi connectivity index (χ4n) is 5.37. The Kier molecular flexibility index (Phi) is 7.42. The molecule has 0 radical (unpaired) electrons. The van der Waals surface area contributed by atoms with E-state index in [1.165, 1.54) is 72.4 Å². The lowest BCUT2D eigenvalue weighted by Gasteiger charge is -2.03. The Labute approximate surface area is 273 Å². The van der Waals surface area contributed by atoms with Crippen LogP contribution in [0, 0.1) is 0 Å². The Bertz CT molecular complexity index is 1980. The van der Waals surface area contributed by atoms with Crippen LogP contribution in [0.3, 0.4) is 0 Å². The molecule has 8 aromatic rings. The van der Waals surface area contributed by atoms with Gasteiger partial charge in [0.1, 0.15) is 0 Å². The first-order chi connectivity index (χ1) is 21.8. The van der Waals surface area contributed by atoms with E-state index in [0.29, 0.717) is 0 Å². The molecule has 4 aromatic carbocycles. The van der Waals surface area contributed by atoms with Crippen molar-refractivity contribution in [2.45, 2.75) is 0 Å². The first-order valence-electron chi connectivity index (χ1n) is 14.5. The molecule has 0 spiro atoms. The predicted octanol–water partition coefficient (Wildman–Crippen LogP) is 13.6. The third-order valence-electron chi connectivity index (χ3n) is 7.71. The van der Waals surface area contributed by atoms with E-state index in [2.05, 4.69) is 158 Å². The summed E-state index contributed by atoms with van der Waals surface area (Å²) >= 11 is 7.50. The van der Waals surface area contributed by atoms with Crippen molar-refractivity contribution < 1.29 is 0 Å². The molecule has 4 heterocycles. The van der Waals surface area contributed by atoms with E-state index in [0.717, 1.165) is 0 Å². The van der Waals surface area contributed by atoms with Gasteiger partial charge in [0, 0.05) is 39.0 Å². The molecule has 4 aromatic heterocycles. The molecule has 0 unspecified atom stereocenters. The molecular formula is C40H26S4. The van der Waals surface area contributed by atoms with Gasteiger partial charge in [0.2, 0.25) is 0 Å². The third-order valence-corrected chi connectivity index (χ3v) is 12.7. The zero-order valence-electron chi connectivity index (χ0n) is 23.6. The highest BCUT2D eigenvalue weighted by molar-refractivity contribution is 7.29. The molecule has 0 saturated heterocycles. The maximum absolute atomic E-state index is 2.28. The van der Waals surface area contributed by atoms with Crippen molar-refractivity contribution >= 4 is 45.3 Å². The van der Waals surface area contributed by atoms with Crippen molar-refractivity contribution in [1.82, 2.24) is 0 Å². The minimum atomic E-state index is 1.25. The second-order valence-corrected chi connectivity index (χ2v) is 14.9. The molecule has 210 valence electrons. The second kappa shape index (κ2) is 12.0. The van der Waals surface area contributed by atoms with Crippen LogP contribution in [-0.2, 0) is 0 Å². The van der Waals surface area contributed by atoms with E-state index < -0.39 is 0 Å². The molecule has 0 atom stereocenters. The molecule has 0 nitrogen and oxygen atoms in total. The van der Waals surface area contributed by atoms with Crippen molar-refractivity contribution in [1.29, 1.82) is 0 Å². The Hall–Kier alpha value is -4.32. The Balaban J connectivity index is 0.972. The van der Waals surface area contributed by atoms with Gasteiger partial charge in [-0.1, -0.05) is 109 Å². The van der Waals surface area contributed by atoms with Gasteiger partial charge in [-0.15, -0.1) is 45.3 Å². The number of hydrogen-bond donors (Lipinski definition) is 0. The van der Waals surface area contributed by atoms with Gasteiger partial charge in [0.05, 0.1) is 0 Å². The lowest BCUT2D eigenvalue weighted by atomic mass is 10.0. The molecule has 0 aliphatic carbocycles. The molecule has 0 bridgehead atoms. The molecule has 8 rings (SSSR count). The number of benzene rings is 4. The van der Waals surface area contributed by atoms with E-state index in [-0.39, 0.29) is 0 Å². The first kappa shape index (κ1) is 27.2. The number of hydrogen-bond acceptors (Lipinski definition) is 4. The van der Waals surface area contributed by atoms with Gasteiger partial charge in [0.25, 0.3) is 0 Å². The average molecular weight is 635 g/mol. The summed E-state index contributed by atoms with van der Waals surface area (Å²) in [6.45, 7) is 0. The maximum Gasteiger partial charge on any atom is 0.0449 e. The van der Waals surface area contributed by atoms with Gasteiger partial charge in [-0.25, -0.2) is 0 Å². The summed E-state index contributed by atoms with van der Waals surface area (Å²) in [6, 6.07) is 57.1. The molecule has 0 N–H and O–H groups in total. The van der Waals surface area contributed by atoms with E-state index in [1.807, 2.05) is 45.3 Å². The van der Waals surface area contributed by atoms with E-state index >= 15 is 0 Å². The standard InChI is InChI=1S/C40H26S4/c1-3-7-27(8-4-1)29-11-15-31(16-12-29)33-19-21-35(41-33)37-23-25-39(43-37)40-26-24-38(44-40)36-22-20-34(42-36)32-17-13-30(14-18-32)28-9-5-2-6-10-28/h1-26H. The molecule has 0 aliphatic heterocycles. The fourth-order valence-corrected chi connectivity index (χ4v) is 9.68. The van der Waals surface area contributed by atoms with Crippen LogP contribution in [0.1, 0.15) is 0 Å². The lowest BCUT2D eigenvalue weighted by molar-refractivity contribution is 1.62. The van der Waals surface area contributed by atoms with Crippen molar-refractivity contribution in [2.75, 3.05) is 0 Å². The van der Waals surface area contributed by atoms with E-state index in [4.69, 9.17) is 0 Å². The number of thiophene rings is 4. The summed E-state index contributed by atoms with van der Waals surface area (Å²) in [5, 5.41) is 0. The normalized spacial score (nSPS) is 11.2. The Morgan fingerprint density at radius 1 is 0.182 bits per heavy atom. The van der Waals surface area contributed by atoms with Crippen molar-refractivity contribution in [3.05, 3.63) is 158 Å². The summed E-state index contributed by atoms with van der Waals surface area (Å²) in [6.07, 6.45) is 0. The van der Waals surface area contributed by atoms with E-state index in [9.17, 15) is 0 Å². The molecule has 0 amide bonds. The van der Waals surface area contributed by atoms with Gasteiger partial charge in [-0.3, -0.25) is 0 Å². The highest BCUT2D eigenvalue weighted by Gasteiger charge is 2.13. The third kappa shape index (κ3) is 5.54. The lowest BCUT2D eigenvalue weighted by Crippen LogP contribution is -1.77. The van der Waals surface area contributed by atoms with Crippen molar-refractivity contribution in [2.24, 2.45) is 0 Å². The highest BCUT2D eigenvalue weighted by atomic mass is 32.1. The van der Waals surface area contributed by atoms with Crippen LogP contribution in [0.2, 0.25) is 0 Å². The molecule has 44 heavy (non-hydrogen) atoms. The summed E-state index contributed by atoms with van der Waals surface area (Å²) in [7, 11) is 0. The smallest absolute Gasteiger partial charge is 0.0449 e. The van der Waals surface area contributed by atoms with Crippen LogP contribution in [0.25, 0.3) is 72.4 Å². The first-order valence-corrected chi connectivity index (χ1v) is 17.8. The predicted molar refractivity (Wildman–Crippen MR) is 196 cm³/mol. The molecule has 0 saturated carbocycles. The Morgan fingerprint density at radius 3 is 0.727 bits per heavy atom. The molecule has 0 fully saturated rings. The fraction of sp³-hybridized carbons (Fsp3) is 0. The summed E-state index contributed by atoms with van der Waals surface area (Å²) < 4.78 is 0. The van der Waals surface area contributed by atoms with Crippen LogP contribution in [-0.4, -0.2) is 0 Å². The topological polar surface area (TPSA) is 0 Å². The van der Waals surface area contributed by atoms with Gasteiger partial charge in [-0.2, -0.15) is 0 Å². The van der Waals surface area contributed by atoms with Gasteiger partial charge >= 0.3 is 0 Å². The quantitative estimate of drug-likeness (QED) is 0.164. The SMILES string of the molecule is c1ccc(-c2ccc(-c3ccc(-c4ccc(-c5ccc(-c6ccc(-c7ccc(-c8ccccc8)cc7)s6)s5)s4)s3)cc2)cc1. The second-order valence-electron chi connectivity index (χ2n) is 10.5. The van der Waals surface area contributed by atoms with Crippen LogP contribution >= 0.6 is 45.3 Å². The van der Waals surface area contributed by atoms with Gasteiger partial charge in [-0.05, 0) is 81.9 Å². The Morgan fingerprint density at radius 2 is 0.409 bits per heavy atom. The van der Waals surface area contributed by atoms with Gasteiger partial charge < -0.3 is 0 Å². The minimum absolute atomic E-state index is 1.25. The number of rotatable bonds is 7. The van der Waals surface area contributed by atoms with Crippen LogP contribution < -0.4 is 0 Å². The largest absolute Gasteiger partial charge is 0.134 e. The zero-order chi connectivity index (χ0) is 29.3. The molecule has 0 aliphatic rings. The van der Waals surface area contributed by atoms with Crippen LogP contribution in [0.4, 0.5) is 0 Å². The average Bonchev–Trinajstić information content (AvgIpc) is 3.92.